The molecule has 1 N–H and O–H groups in total. The molecule has 144 valence electrons. The topological polar surface area (TPSA) is 91.7 Å². The molecule has 1 saturated heterocycles. The number of anilines is 1. The second kappa shape index (κ2) is 8.28. The van der Waals surface area contributed by atoms with Gasteiger partial charge in [0.15, 0.2) is 16.8 Å². The third kappa shape index (κ3) is 4.10. The summed E-state index contributed by atoms with van der Waals surface area (Å²) in [7, 11) is 0. The Hall–Kier alpha value is -2.10. The number of aromatic nitrogens is 3. The van der Waals surface area contributed by atoms with Crippen LogP contribution in [0.4, 0.5) is 10.6 Å². The predicted molar refractivity (Wildman–Crippen MR) is 105 cm³/mol. The molecule has 3 rings (SSSR count). The van der Waals surface area contributed by atoms with Crippen molar-refractivity contribution >= 4 is 46.4 Å². The summed E-state index contributed by atoms with van der Waals surface area (Å²) in [5, 5.41) is 9.77. The predicted octanol–water partition coefficient (Wildman–Crippen LogP) is 3.66. The Morgan fingerprint density at radius 2 is 2.26 bits per heavy atom. The molecule has 0 bridgehead atoms. The fourth-order valence-electron chi connectivity index (χ4n) is 2.76. The molecule has 2 aromatic rings. The molecule has 0 aliphatic carbocycles. The van der Waals surface area contributed by atoms with Gasteiger partial charge in [-0.2, -0.15) is 4.98 Å². The number of hydrogen-bond acceptors (Lipinski definition) is 7. The SMILES string of the molecule is C=CCOc1nc(-c2scnc2Cl)nc(N2CCN(C(=O)O)C[C@H]2C)c1Cl. The van der Waals surface area contributed by atoms with Gasteiger partial charge in [0.2, 0.25) is 5.88 Å². The highest BCUT2D eigenvalue weighted by atomic mass is 35.5. The summed E-state index contributed by atoms with van der Waals surface area (Å²) in [5.74, 6) is 1.05. The Balaban J connectivity index is 2.02. The molecule has 0 radical (unpaired) electrons. The van der Waals surface area contributed by atoms with Crippen LogP contribution >= 0.6 is 34.5 Å². The summed E-state index contributed by atoms with van der Waals surface area (Å²) in [6.45, 7) is 6.91. The summed E-state index contributed by atoms with van der Waals surface area (Å²) in [4.78, 5) is 28.1. The smallest absolute Gasteiger partial charge is 0.407 e. The van der Waals surface area contributed by atoms with Gasteiger partial charge in [0.05, 0.1) is 5.51 Å². The van der Waals surface area contributed by atoms with Crippen LogP contribution in [0, 0.1) is 0 Å². The van der Waals surface area contributed by atoms with Crippen LogP contribution in [0.25, 0.3) is 10.7 Å². The van der Waals surface area contributed by atoms with Crippen LogP contribution in [0.2, 0.25) is 10.2 Å². The second-order valence-corrected chi connectivity index (χ2v) is 7.42. The summed E-state index contributed by atoms with van der Waals surface area (Å²) in [6, 6.07) is -0.126. The number of hydrogen-bond donors (Lipinski definition) is 1. The minimum absolute atomic E-state index is 0.126. The van der Waals surface area contributed by atoms with E-state index in [1.807, 2.05) is 11.8 Å². The molecule has 1 aliphatic rings. The van der Waals surface area contributed by atoms with Gasteiger partial charge in [-0.15, -0.1) is 11.3 Å². The van der Waals surface area contributed by atoms with Gasteiger partial charge in [-0.05, 0) is 6.92 Å². The van der Waals surface area contributed by atoms with E-state index in [1.54, 1.807) is 11.6 Å². The molecule has 3 heterocycles. The number of carboxylic acid groups (broad SMARTS) is 1. The van der Waals surface area contributed by atoms with Crippen molar-refractivity contribution < 1.29 is 14.6 Å². The molecule has 0 aromatic carbocycles. The van der Waals surface area contributed by atoms with Crippen LogP contribution in [-0.2, 0) is 0 Å². The van der Waals surface area contributed by atoms with E-state index in [0.717, 1.165) is 0 Å². The number of amides is 1. The van der Waals surface area contributed by atoms with Gasteiger partial charge >= 0.3 is 6.09 Å². The summed E-state index contributed by atoms with van der Waals surface area (Å²) < 4.78 is 5.60. The van der Waals surface area contributed by atoms with E-state index in [9.17, 15) is 9.90 Å². The first kappa shape index (κ1) is 19.7. The zero-order valence-corrected chi connectivity index (χ0v) is 16.8. The summed E-state index contributed by atoms with van der Waals surface area (Å²) in [6.07, 6.45) is 0.647. The van der Waals surface area contributed by atoms with Gasteiger partial charge in [0, 0.05) is 25.7 Å². The van der Waals surface area contributed by atoms with E-state index >= 15 is 0 Å². The van der Waals surface area contributed by atoms with Gasteiger partial charge in [0.1, 0.15) is 16.5 Å². The number of halogens is 2. The highest BCUT2D eigenvalue weighted by Crippen LogP contribution is 2.38. The minimum Gasteiger partial charge on any atom is -0.472 e. The Morgan fingerprint density at radius 1 is 1.48 bits per heavy atom. The van der Waals surface area contributed by atoms with E-state index < -0.39 is 6.09 Å². The monoisotopic (exact) mass is 429 g/mol. The number of thiazole rings is 1. The van der Waals surface area contributed by atoms with Crippen molar-refractivity contribution in [2.75, 3.05) is 31.1 Å². The van der Waals surface area contributed by atoms with E-state index in [4.69, 9.17) is 27.9 Å². The molecule has 1 aliphatic heterocycles. The van der Waals surface area contributed by atoms with E-state index in [2.05, 4.69) is 21.5 Å². The fraction of sp³-hybridized carbons (Fsp3) is 0.375. The molecule has 0 spiro atoms. The summed E-state index contributed by atoms with van der Waals surface area (Å²) >= 11 is 14.0. The normalized spacial score (nSPS) is 17.1. The van der Waals surface area contributed by atoms with Crippen molar-refractivity contribution in [1.29, 1.82) is 0 Å². The van der Waals surface area contributed by atoms with E-state index in [0.29, 0.717) is 41.3 Å². The Labute approximate surface area is 170 Å². The number of rotatable bonds is 5. The standard InChI is InChI=1S/C16H17Cl2N5O3S/c1-3-6-26-15-10(17)14(20-13(21-15)11-12(18)19-8-27-11)23-5-4-22(16(24)25)7-9(23)2/h3,8-9H,1,4-7H2,2H3,(H,24,25)/t9-/m1/s1. The van der Waals surface area contributed by atoms with Crippen molar-refractivity contribution in [2.24, 2.45) is 0 Å². The third-order valence-electron chi connectivity index (χ3n) is 4.04. The van der Waals surface area contributed by atoms with Crippen molar-refractivity contribution in [3.05, 3.63) is 28.3 Å². The highest BCUT2D eigenvalue weighted by Gasteiger charge is 2.30. The first-order valence-corrected chi connectivity index (χ1v) is 9.71. The lowest BCUT2D eigenvalue weighted by Gasteiger charge is -2.39. The Bertz CT molecular complexity index is 863. The van der Waals surface area contributed by atoms with Gasteiger partial charge in [-0.25, -0.2) is 14.8 Å². The molecule has 8 nitrogen and oxygen atoms in total. The van der Waals surface area contributed by atoms with Gasteiger partial charge < -0.3 is 19.6 Å². The highest BCUT2D eigenvalue weighted by molar-refractivity contribution is 7.13. The molecular formula is C16H17Cl2N5O3S. The molecule has 1 atom stereocenters. The molecule has 27 heavy (non-hydrogen) atoms. The average molecular weight is 430 g/mol. The van der Waals surface area contributed by atoms with Crippen molar-refractivity contribution in [3.8, 4) is 16.6 Å². The van der Waals surface area contributed by atoms with E-state index in [-0.39, 0.29) is 23.6 Å². The largest absolute Gasteiger partial charge is 0.472 e. The molecule has 11 heteroatoms. The Morgan fingerprint density at radius 3 is 2.85 bits per heavy atom. The molecule has 2 aromatic heterocycles. The minimum atomic E-state index is -0.942. The van der Waals surface area contributed by atoms with Crippen molar-refractivity contribution in [1.82, 2.24) is 19.9 Å². The number of piperazine rings is 1. The average Bonchev–Trinajstić information content (AvgIpc) is 3.07. The lowest BCUT2D eigenvalue weighted by atomic mass is 10.2. The van der Waals surface area contributed by atoms with Crippen LogP contribution in [0.3, 0.4) is 0 Å². The van der Waals surface area contributed by atoms with E-state index in [1.165, 1.54) is 16.2 Å². The van der Waals surface area contributed by atoms with Gasteiger partial charge in [-0.1, -0.05) is 35.9 Å². The quantitative estimate of drug-likeness (QED) is 0.724. The zero-order chi connectivity index (χ0) is 19.6. The molecule has 0 saturated carbocycles. The molecule has 1 amide bonds. The van der Waals surface area contributed by atoms with Gasteiger partial charge in [0.25, 0.3) is 0 Å². The number of nitrogens with zero attached hydrogens (tertiary/aromatic N) is 5. The lowest BCUT2D eigenvalue weighted by Crippen LogP contribution is -2.53. The van der Waals surface area contributed by atoms with Crippen LogP contribution in [0.1, 0.15) is 6.92 Å². The van der Waals surface area contributed by atoms with Crippen LogP contribution in [0.5, 0.6) is 5.88 Å². The molecule has 1 fully saturated rings. The maximum Gasteiger partial charge on any atom is 0.407 e. The van der Waals surface area contributed by atoms with Gasteiger partial charge in [-0.3, -0.25) is 0 Å². The summed E-state index contributed by atoms with van der Waals surface area (Å²) in [5.41, 5.74) is 1.60. The lowest BCUT2D eigenvalue weighted by molar-refractivity contribution is 0.136. The maximum atomic E-state index is 11.2. The number of carbonyl (C=O) groups is 1. The molecular weight excluding hydrogens is 413 g/mol. The fourth-order valence-corrected chi connectivity index (χ4v) is 3.95. The molecule has 0 unspecified atom stereocenters. The number of ether oxygens (including phenoxy) is 1. The first-order valence-electron chi connectivity index (χ1n) is 8.07. The van der Waals surface area contributed by atoms with Crippen LogP contribution in [0.15, 0.2) is 18.2 Å². The van der Waals surface area contributed by atoms with Crippen LogP contribution < -0.4 is 9.64 Å². The maximum absolute atomic E-state index is 11.2. The van der Waals surface area contributed by atoms with Crippen molar-refractivity contribution in [3.63, 3.8) is 0 Å². The third-order valence-corrected chi connectivity index (χ3v) is 5.59. The Kier molecular flexibility index (Phi) is 6.03. The second-order valence-electron chi connectivity index (χ2n) is 5.83. The van der Waals surface area contributed by atoms with Crippen molar-refractivity contribution in [2.45, 2.75) is 13.0 Å². The first-order chi connectivity index (χ1) is 12.9. The van der Waals surface area contributed by atoms with Crippen LogP contribution in [-0.4, -0.2) is 63.3 Å². The zero-order valence-electron chi connectivity index (χ0n) is 14.4.